The lowest BCUT2D eigenvalue weighted by molar-refractivity contribution is -0.136. The third-order valence-corrected chi connectivity index (χ3v) is 2.15. The van der Waals surface area contributed by atoms with E-state index in [1.54, 1.807) is 11.8 Å². The Morgan fingerprint density at radius 3 is 2.21 bits per heavy atom. The molecule has 0 spiro atoms. The fourth-order valence-corrected chi connectivity index (χ4v) is 1.08. The zero-order valence-corrected chi connectivity index (χ0v) is 10.0. The molecule has 0 fully saturated rings. The molecule has 1 amide bonds. The molecule has 1 rings (SSSR count). The summed E-state index contributed by atoms with van der Waals surface area (Å²) >= 11 is 0. The highest BCUT2D eigenvalue weighted by Crippen LogP contribution is 2.17. The standard InChI is InChI=1S/C9H15NO2.C2H6/c1-6(2)10-5-12-8(4)7(3)9(10)11;1-2/h6H,5H2,1-4H3;1-2H3. The fraction of sp³-hybridized carbons (Fsp3) is 0.727. The van der Waals surface area contributed by atoms with Crippen LogP contribution in [0.3, 0.4) is 0 Å². The van der Waals surface area contributed by atoms with Crippen LogP contribution in [0.15, 0.2) is 11.3 Å². The lowest BCUT2D eigenvalue weighted by Crippen LogP contribution is -2.42. The number of ether oxygens (including phenoxy) is 1. The van der Waals surface area contributed by atoms with Crippen molar-refractivity contribution in [3.63, 3.8) is 0 Å². The van der Waals surface area contributed by atoms with Crippen molar-refractivity contribution in [2.45, 2.75) is 47.6 Å². The maximum absolute atomic E-state index is 11.6. The summed E-state index contributed by atoms with van der Waals surface area (Å²) < 4.78 is 5.32. The van der Waals surface area contributed by atoms with Crippen LogP contribution in [0.4, 0.5) is 0 Å². The molecule has 0 aromatic rings. The molecule has 0 aromatic carbocycles. The van der Waals surface area contributed by atoms with E-state index in [0.717, 1.165) is 11.3 Å². The molecule has 3 heteroatoms. The van der Waals surface area contributed by atoms with E-state index in [1.807, 2.05) is 34.6 Å². The van der Waals surface area contributed by atoms with E-state index in [9.17, 15) is 4.79 Å². The van der Waals surface area contributed by atoms with Crippen molar-refractivity contribution in [3.05, 3.63) is 11.3 Å². The maximum atomic E-state index is 11.6. The van der Waals surface area contributed by atoms with Gasteiger partial charge in [-0.25, -0.2) is 0 Å². The lowest BCUT2D eigenvalue weighted by atomic mass is 10.2. The maximum Gasteiger partial charge on any atom is 0.255 e. The van der Waals surface area contributed by atoms with Crippen molar-refractivity contribution in [3.8, 4) is 0 Å². The van der Waals surface area contributed by atoms with E-state index in [1.165, 1.54) is 0 Å². The number of nitrogens with zero attached hydrogens (tertiary/aromatic N) is 1. The van der Waals surface area contributed by atoms with Gasteiger partial charge < -0.3 is 9.64 Å². The minimum absolute atomic E-state index is 0.0914. The van der Waals surface area contributed by atoms with Crippen molar-refractivity contribution in [2.24, 2.45) is 0 Å². The topological polar surface area (TPSA) is 29.5 Å². The van der Waals surface area contributed by atoms with E-state index in [-0.39, 0.29) is 11.9 Å². The average Bonchev–Trinajstić information content (AvgIpc) is 2.17. The van der Waals surface area contributed by atoms with Crippen LogP contribution in [0.1, 0.15) is 41.5 Å². The number of rotatable bonds is 1. The van der Waals surface area contributed by atoms with E-state index in [2.05, 4.69) is 0 Å². The molecule has 0 aliphatic carbocycles. The number of carbonyl (C=O) groups excluding carboxylic acids is 1. The number of amides is 1. The predicted molar refractivity (Wildman–Crippen MR) is 57.7 cm³/mol. The van der Waals surface area contributed by atoms with Crippen LogP contribution in [-0.4, -0.2) is 23.6 Å². The monoisotopic (exact) mass is 199 g/mol. The summed E-state index contributed by atoms with van der Waals surface area (Å²) in [5.74, 6) is 0.839. The quantitative estimate of drug-likeness (QED) is 0.649. The highest BCUT2D eigenvalue weighted by Gasteiger charge is 2.24. The van der Waals surface area contributed by atoms with Gasteiger partial charge in [0.05, 0.1) is 5.57 Å². The molecule has 0 unspecified atom stereocenters. The molecular weight excluding hydrogens is 178 g/mol. The van der Waals surface area contributed by atoms with Crippen LogP contribution in [-0.2, 0) is 9.53 Å². The third kappa shape index (κ3) is 2.76. The van der Waals surface area contributed by atoms with Crippen molar-refractivity contribution in [1.82, 2.24) is 4.90 Å². The molecule has 1 aliphatic rings. The molecule has 0 atom stereocenters. The van der Waals surface area contributed by atoms with Crippen LogP contribution in [0.2, 0.25) is 0 Å². The Labute approximate surface area is 86.7 Å². The highest BCUT2D eigenvalue weighted by atomic mass is 16.5. The van der Waals surface area contributed by atoms with Gasteiger partial charge in [0.15, 0.2) is 6.73 Å². The minimum Gasteiger partial charge on any atom is -0.477 e. The Morgan fingerprint density at radius 2 is 1.79 bits per heavy atom. The lowest BCUT2D eigenvalue weighted by Gasteiger charge is -2.31. The fourth-order valence-electron chi connectivity index (χ4n) is 1.08. The van der Waals surface area contributed by atoms with E-state index >= 15 is 0 Å². The van der Waals surface area contributed by atoms with Crippen LogP contribution in [0, 0.1) is 0 Å². The van der Waals surface area contributed by atoms with E-state index in [0.29, 0.717) is 6.73 Å². The van der Waals surface area contributed by atoms with Gasteiger partial charge in [-0.15, -0.1) is 0 Å². The van der Waals surface area contributed by atoms with Crippen molar-refractivity contribution >= 4 is 5.91 Å². The highest BCUT2D eigenvalue weighted by molar-refractivity contribution is 5.93. The molecule has 1 aliphatic heterocycles. The second-order valence-corrected chi connectivity index (χ2v) is 3.32. The molecule has 1 heterocycles. The molecule has 0 bridgehead atoms. The molecular formula is C11H21NO2. The summed E-state index contributed by atoms with van der Waals surface area (Å²) in [5.41, 5.74) is 0.718. The zero-order valence-electron chi connectivity index (χ0n) is 10.0. The Morgan fingerprint density at radius 1 is 1.29 bits per heavy atom. The van der Waals surface area contributed by atoms with Gasteiger partial charge in [-0.1, -0.05) is 13.8 Å². The average molecular weight is 199 g/mol. The Hall–Kier alpha value is -0.990. The summed E-state index contributed by atoms with van der Waals surface area (Å²) in [6.45, 7) is 12.0. The first-order chi connectivity index (χ1) is 6.54. The number of hydrogen-bond donors (Lipinski definition) is 0. The largest absolute Gasteiger partial charge is 0.477 e. The summed E-state index contributed by atoms with van der Waals surface area (Å²) in [7, 11) is 0. The molecule has 0 radical (unpaired) electrons. The normalized spacial score (nSPS) is 16.5. The summed E-state index contributed by atoms with van der Waals surface area (Å²) in [6.07, 6.45) is 0. The van der Waals surface area contributed by atoms with Crippen molar-refractivity contribution in [1.29, 1.82) is 0 Å². The van der Waals surface area contributed by atoms with Crippen LogP contribution in [0.5, 0.6) is 0 Å². The van der Waals surface area contributed by atoms with Gasteiger partial charge in [0.2, 0.25) is 0 Å². The Kier molecular flexibility index (Phi) is 5.28. The summed E-state index contributed by atoms with van der Waals surface area (Å²) in [5, 5.41) is 0. The number of hydrogen-bond acceptors (Lipinski definition) is 2. The van der Waals surface area contributed by atoms with Gasteiger partial charge >= 0.3 is 0 Å². The van der Waals surface area contributed by atoms with Gasteiger partial charge in [-0.05, 0) is 27.7 Å². The second-order valence-electron chi connectivity index (χ2n) is 3.32. The van der Waals surface area contributed by atoms with Crippen LogP contribution in [0.25, 0.3) is 0 Å². The first-order valence-corrected chi connectivity index (χ1v) is 5.15. The molecule has 3 nitrogen and oxygen atoms in total. The number of carbonyl (C=O) groups is 1. The van der Waals surface area contributed by atoms with Crippen molar-refractivity contribution in [2.75, 3.05) is 6.73 Å². The zero-order chi connectivity index (χ0) is 11.3. The molecule has 0 saturated carbocycles. The summed E-state index contributed by atoms with van der Waals surface area (Å²) in [6, 6.07) is 0.209. The Bertz CT molecular complexity index is 231. The molecule has 0 aromatic heterocycles. The van der Waals surface area contributed by atoms with E-state index < -0.39 is 0 Å². The van der Waals surface area contributed by atoms with Gasteiger partial charge in [0.1, 0.15) is 5.76 Å². The van der Waals surface area contributed by atoms with Crippen LogP contribution < -0.4 is 0 Å². The van der Waals surface area contributed by atoms with Gasteiger partial charge in [-0.2, -0.15) is 0 Å². The van der Waals surface area contributed by atoms with Gasteiger partial charge in [0, 0.05) is 6.04 Å². The minimum atomic E-state index is 0.0914. The van der Waals surface area contributed by atoms with Gasteiger partial charge in [0.25, 0.3) is 5.91 Å². The van der Waals surface area contributed by atoms with E-state index in [4.69, 9.17) is 4.74 Å². The van der Waals surface area contributed by atoms with Crippen LogP contribution >= 0.6 is 0 Å². The SMILES string of the molecule is CC.CC1=C(C)C(=O)N(C(C)C)CO1. The first kappa shape index (κ1) is 13.0. The first-order valence-electron chi connectivity index (χ1n) is 5.15. The Balaban J connectivity index is 0.000000791. The molecule has 0 saturated heterocycles. The smallest absolute Gasteiger partial charge is 0.255 e. The third-order valence-electron chi connectivity index (χ3n) is 2.15. The predicted octanol–water partition coefficient (Wildman–Crippen LogP) is 2.53. The second kappa shape index (κ2) is 5.68. The molecule has 14 heavy (non-hydrogen) atoms. The van der Waals surface area contributed by atoms with Gasteiger partial charge in [-0.3, -0.25) is 4.79 Å². The molecule has 82 valence electrons. The number of allylic oxidation sites excluding steroid dienone is 1. The summed E-state index contributed by atoms with van der Waals surface area (Å²) in [4.78, 5) is 13.3. The molecule has 0 N–H and O–H groups in total. The van der Waals surface area contributed by atoms with Crippen molar-refractivity contribution < 1.29 is 9.53 Å².